The summed E-state index contributed by atoms with van der Waals surface area (Å²) < 4.78 is 42.7. The molecule has 0 aliphatic carbocycles. The summed E-state index contributed by atoms with van der Waals surface area (Å²) in [5, 5.41) is 3.50. The first-order valence-corrected chi connectivity index (χ1v) is 7.14. The number of carbonyl (C=O) groups excluding carboxylic acids is 1. The van der Waals surface area contributed by atoms with Crippen LogP contribution in [0, 0.1) is 6.92 Å². The third-order valence-corrected chi connectivity index (χ3v) is 3.57. The number of hydrogen-bond acceptors (Lipinski definition) is 4. The Morgan fingerprint density at radius 1 is 1.41 bits per heavy atom. The van der Waals surface area contributed by atoms with Gasteiger partial charge < -0.3 is 10.1 Å². The van der Waals surface area contributed by atoms with Crippen LogP contribution in [0.15, 0.2) is 30.5 Å². The highest BCUT2D eigenvalue weighted by molar-refractivity contribution is 7.11. The van der Waals surface area contributed by atoms with Gasteiger partial charge in [0.05, 0.1) is 17.1 Å². The molecular formula is C14H13F3N2O2S. The lowest BCUT2D eigenvalue weighted by atomic mass is 10.2. The molecule has 1 aromatic carbocycles. The van der Waals surface area contributed by atoms with Gasteiger partial charge in [0.2, 0.25) is 0 Å². The second-order valence-corrected chi connectivity index (χ2v) is 5.76. The van der Waals surface area contributed by atoms with Crippen LogP contribution in [0.4, 0.5) is 13.2 Å². The Hall–Kier alpha value is -2.09. The zero-order valence-corrected chi connectivity index (χ0v) is 12.4. The summed E-state index contributed by atoms with van der Waals surface area (Å²) in [6.45, 7) is 1.82. The van der Waals surface area contributed by atoms with Crippen molar-refractivity contribution in [2.75, 3.05) is 6.61 Å². The zero-order chi connectivity index (χ0) is 16.2. The van der Waals surface area contributed by atoms with Crippen LogP contribution in [0.2, 0.25) is 0 Å². The Labute approximate surface area is 128 Å². The number of carbonyl (C=O) groups is 1. The molecule has 22 heavy (non-hydrogen) atoms. The van der Waals surface area contributed by atoms with E-state index in [4.69, 9.17) is 4.74 Å². The summed E-state index contributed by atoms with van der Waals surface area (Å²) in [6, 6.07) is 4.41. The van der Waals surface area contributed by atoms with E-state index in [9.17, 15) is 18.0 Å². The van der Waals surface area contributed by atoms with E-state index in [1.807, 2.05) is 6.92 Å². The van der Waals surface area contributed by atoms with Gasteiger partial charge in [0, 0.05) is 11.1 Å². The van der Waals surface area contributed by atoms with E-state index >= 15 is 0 Å². The molecular weight excluding hydrogens is 317 g/mol. The second kappa shape index (κ2) is 6.78. The molecule has 118 valence electrons. The maximum atomic E-state index is 12.5. The maximum absolute atomic E-state index is 12.5. The minimum absolute atomic E-state index is 0.00129. The van der Waals surface area contributed by atoms with E-state index in [2.05, 4.69) is 10.3 Å². The highest BCUT2D eigenvalue weighted by Crippen LogP contribution is 2.31. The number of nitrogens with one attached hydrogen (secondary N) is 1. The van der Waals surface area contributed by atoms with Gasteiger partial charge in [-0.1, -0.05) is 6.07 Å². The summed E-state index contributed by atoms with van der Waals surface area (Å²) in [4.78, 5) is 16.5. The van der Waals surface area contributed by atoms with Gasteiger partial charge in [-0.3, -0.25) is 4.79 Å². The summed E-state index contributed by atoms with van der Waals surface area (Å²) in [7, 11) is 0. The van der Waals surface area contributed by atoms with Gasteiger partial charge in [0.15, 0.2) is 6.61 Å². The van der Waals surface area contributed by atoms with E-state index in [1.165, 1.54) is 23.5 Å². The van der Waals surface area contributed by atoms with E-state index < -0.39 is 17.6 Å². The maximum Gasteiger partial charge on any atom is 0.416 e. The summed E-state index contributed by atoms with van der Waals surface area (Å²) >= 11 is 1.46. The first kappa shape index (κ1) is 16.3. The van der Waals surface area contributed by atoms with Crippen molar-refractivity contribution in [2.24, 2.45) is 0 Å². The predicted molar refractivity (Wildman–Crippen MR) is 75.6 cm³/mol. The van der Waals surface area contributed by atoms with Gasteiger partial charge in [-0.05, 0) is 25.1 Å². The first-order valence-electron chi connectivity index (χ1n) is 6.32. The molecule has 8 heteroatoms. The van der Waals surface area contributed by atoms with Crippen molar-refractivity contribution in [2.45, 2.75) is 19.6 Å². The number of ether oxygens (including phenoxy) is 1. The number of aromatic nitrogens is 1. The van der Waals surface area contributed by atoms with Gasteiger partial charge in [-0.15, -0.1) is 11.3 Å². The average molecular weight is 330 g/mol. The number of nitrogens with zero attached hydrogens (tertiary/aromatic N) is 1. The van der Waals surface area contributed by atoms with Gasteiger partial charge in [0.1, 0.15) is 5.75 Å². The molecule has 1 amide bonds. The SMILES string of the molecule is Cc1ncc(CNC(=O)COc2cccc(C(F)(F)F)c2)s1. The van der Waals surface area contributed by atoms with E-state index in [1.54, 1.807) is 6.20 Å². The molecule has 2 aromatic rings. The second-order valence-electron chi connectivity index (χ2n) is 4.44. The number of benzene rings is 1. The third-order valence-electron chi connectivity index (χ3n) is 2.66. The lowest BCUT2D eigenvalue weighted by molar-refractivity contribution is -0.137. The van der Waals surface area contributed by atoms with Crippen LogP contribution in [0.5, 0.6) is 5.75 Å². The quantitative estimate of drug-likeness (QED) is 0.916. The van der Waals surface area contributed by atoms with Crippen LogP contribution in [0.25, 0.3) is 0 Å². The molecule has 0 fully saturated rings. The fourth-order valence-electron chi connectivity index (χ4n) is 1.63. The molecule has 0 atom stereocenters. The summed E-state index contributed by atoms with van der Waals surface area (Å²) in [5.41, 5.74) is -0.814. The van der Waals surface area contributed by atoms with Gasteiger partial charge in [-0.25, -0.2) is 4.98 Å². The number of alkyl halides is 3. The monoisotopic (exact) mass is 330 g/mol. The Bertz CT molecular complexity index is 656. The van der Waals surface area contributed by atoms with Crippen LogP contribution in [-0.2, 0) is 17.5 Å². The topological polar surface area (TPSA) is 51.2 Å². The number of amides is 1. The minimum atomic E-state index is -4.44. The third kappa shape index (κ3) is 4.73. The Kier molecular flexibility index (Phi) is 5.02. The highest BCUT2D eigenvalue weighted by Gasteiger charge is 2.30. The largest absolute Gasteiger partial charge is 0.484 e. The molecule has 0 unspecified atom stereocenters. The fourth-order valence-corrected chi connectivity index (χ4v) is 2.37. The van der Waals surface area contributed by atoms with Gasteiger partial charge in [0.25, 0.3) is 5.91 Å². The lowest BCUT2D eigenvalue weighted by Crippen LogP contribution is -2.28. The Morgan fingerprint density at radius 3 is 2.82 bits per heavy atom. The van der Waals surface area contributed by atoms with E-state index in [-0.39, 0.29) is 12.4 Å². The molecule has 0 aliphatic rings. The molecule has 0 bridgehead atoms. The molecule has 4 nitrogen and oxygen atoms in total. The van der Waals surface area contributed by atoms with Crippen LogP contribution in [0.1, 0.15) is 15.4 Å². The standard InChI is InChI=1S/C14H13F3N2O2S/c1-9-18-6-12(22-9)7-19-13(20)8-21-11-4-2-3-10(5-11)14(15,16)17/h2-6H,7-8H2,1H3,(H,19,20). The van der Waals surface area contributed by atoms with Gasteiger partial charge in [-0.2, -0.15) is 13.2 Å². The molecule has 0 saturated heterocycles. The highest BCUT2D eigenvalue weighted by atomic mass is 32.1. The van der Waals surface area contributed by atoms with Crippen molar-refractivity contribution in [3.05, 3.63) is 45.9 Å². The molecule has 0 aliphatic heterocycles. The molecule has 1 N–H and O–H groups in total. The normalized spacial score (nSPS) is 11.3. The molecule has 0 saturated carbocycles. The summed E-state index contributed by atoms with van der Waals surface area (Å²) in [5.74, 6) is -0.415. The number of rotatable bonds is 5. The minimum Gasteiger partial charge on any atom is -0.484 e. The molecule has 1 heterocycles. The van der Waals surface area contributed by atoms with Crippen LogP contribution in [0.3, 0.4) is 0 Å². The zero-order valence-electron chi connectivity index (χ0n) is 11.6. The molecule has 1 aromatic heterocycles. The van der Waals surface area contributed by atoms with Crippen LogP contribution in [-0.4, -0.2) is 17.5 Å². The van der Waals surface area contributed by atoms with Crippen molar-refractivity contribution < 1.29 is 22.7 Å². The Morgan fingerprint density at radius 2 is 2.18 bits per heavy atom. The van der Waals surface area contributed by atoms with Crippen molar-refractivity contribution in [1.29, 1.82) is 0 Å². The van der Waals surface area contributed by atoms with E-state index in [0.717, 1.165) is 22.0 Å². The fraction of sp³-hybridized carbons (Fsp3) is 0.286. The molecule has 0 radical (unpaired) electrons. The van der Waals surface area contributed by atoms with Crippen molar-refractivity contribution >= 4 is 17.2 Å². The molecule has 2 rings (SSSR count). The van der Waals surface area contributed by atoms with Crippen molar-refractivity contribution in [1.82, 2.24) is 10.3 Å². The number of halogens is 3. The molecule has 0 spiro atoms. The predicted octanol–water partition coefficient (Wildman–Crippen LogP) is 3.17. The number of thiazole rings is 1. The smallest absolute Gasteiger partial charge is 0.416 e. The van der Waals surface area contributed by atoms with Crippen LogP contribution < -0.4 is 10.1 Å². The van der Waals surface area contributed by atoms with E-state index in [0.29, 0.717) is 6.54 Å². The summed E-state index contributed by atoms with van der Waals surface area (Å²) in [6.07, 6.45) is -2.78. The number of aryl methyl sites for hydroxylation is 1. The first-order chi connectivity index (χ1) is 10.3. The lowest BCUT2D eigenvalue weighted by Gasteiger charge is -2.10. The van der Waals surface area contributed by atoms with Gasteiger partial charge >= 0.3 is 6.18 Å². The number of hydrogen-bond donors (Lipinski definition) is 1. The Balaban J connectivity index is 1.83. The van der Waals surface area contributed by atoms with Crippen LogP contribution >= 0.6 is 11.3 Å². The van der Waals surface area contributed by atoms with Crippen molar-refractivity contribution in [3.8, 4) is 5.75 Å². The average Bonchev–Trinajstić information content (AvgIpc) is 2.88. The van der Waals surface area contributed by atoms with Crippen molar-refractivity contribution in [3.63, 3.8) is 0 Å².